The first-order valence-corrected chi connectivity index (χ1v) is 11.3. The number of nitrogens with zero attached hydrogens (tertiary/aromatic N) is 4. The molecule has 0 bridgehead atoms. The molecule has 9 heteroatoms. The molecule has 3 aliphatic rings. The molecule has 3 aliphatic heterocycles. The van der Waals surface area contributed by atoms with E-state index in [1.807, 2.05) is 24.0 Å². The number of carbonyl (C=O) groups excluding carboxylic acids is 3. The number of fused-ring (bicyclic) bond motifs is 1. The van der Waals surface area contributed by atoms with Gasteiger partial charge in [-0.2, -0.15) is 0 Å². The summed E-state index contributed by atoms with van der Waals surface area (Å²) in [7, 11) is 1.73. The zero-order valence-corrected chi connectivity index (χ0v) is 19.1. The van der Waals surface area contributed by atoms with Gasteiger partial charge in [-0.15, -0.1) is 0 Å². The molecule has 2 atom stereocenters. The summed E-state index contributed by atoms with van der Waals surface area (Å²) in [5.74, 6) is -0.875. The lowest BCUT2D eigenvalue weighted by atomic mass is 9.98. The van der Waals surface area contributed by atoms with Gasteiger partial charge in [0.2, 0.25) is 0 Å². The summed E-state index contributed by atoms with van der Waals surface area (Å²) < 4.78 is 14.1. The van der Waals surface area contributed by atoms with Crippen LogP contribution in [0.15, 0.2) is 60.3 Å². The Balaban J connectivity index is 1.30. The van der Waals surface area contributed by atoms with Gasteiger partial charge in [-0.3, -0.25) is 9.59 Å². The lowest BCUT2D eigenvalue weighted by molar-refractivity contribution is -0.127. The Labute approximate surface area is 197 Å². The molecule has 0 spiro atoms. The fourth-order valence-corrected chi connectivity index (χ4v) is 4.86. The highest BCUT2D eigenvalue weighted by atomic mass is 19.1. The third-order valence-electron chi connectivity index (χ3n) is 6.69. The first-order chi connectivity index (χ1) is 16.3. The van der Waals surface area contributed by atoms with Crippen molar-refractivity contribution in [1.29, 1.82) is 0 Å². The van der Waals surface area contributed by atoms with Crippen LogP contribution in [0.3, 0.4) is 0 Å². The number of likely N-dealkylation sites (N-methyl/N-ethyl adjacent to an activating group) is 1. The van der Waals surface area contributed by atoms with E-state index in [1.165, 1.54) is 6.07 Å². The van der Waals surface area contributed by atoms with Crippen LogP contribution >= 0.6 is 0 Å². The van der Waals surface area contributed by atoms with Gasteiger partial charge in [-0.25, -0.2) is 14.1 Å². The first kappa shape index (κ1) is 21.9. The van der Waals surface area contributed by atoms with Crippen LogP contribution in [0.2, 0.25) is 0 Å². The maximum absolute atomic E-state index is 14.1. The number of nitrogens with one attached hydrogen (secondary N) is 1. The quantitative estimate of drug-likeness (QED) is 0.755. The molecule has 0 aliphatic carbocycles. The highest BCUT2D eigenvalue weighted by Crippen LogP contribution is 2.31. The van der Waals surface area contributed by atoms with Gasteiger partial charge in [0.05, 0.1) is 23.0 Å². The van der Waals surface area contributed by atoms with Gasteiger partial charge in [-0.1, -0.05) is 29.8 Å². The second-order valence-corrected chi connectivity index (χ2v) is 8.86. The minimum absolute atomic E-state index is 0.218. The van der Waals surface area contributed by atoms with Crippen molar-refractivity contribution in [1.82, 2.24) is 15.1 Å². The lowest BCUT2D eigenvalue weighted by Gasteiger charge is -2.39. The van der Waals surface area contributed by atoms with E-state index in [-0.39, 0.29) is 17.6 Å². The third kappa shape index (κ3) is 3.67. The number of para-hydroxylation sites is 1. The van der Waals surface area contributed by atoms with Crippen molar-refractivity contribution in [2.45, 2.75) is 19.0 Å². The molecule has 34 heavy (non-hydrogen) atoms. The van der Waals surface area contributed by atoms with Gasteiger partial charge in [0.25, 0.3) is 11.8 Å². The number of aryl methyl sites for hydroxylation is 1. The van der Waals surface area contributed by atoms with Gasteiger partial charge in [0.1, 0.15) is 11.9 Å². The molecule has 2 aromatic carbocycles. The van der Waals surface area contributed by atoms with E-state index in [0.29, 0.717) is 43.1 Å². The summed E-state index contributed by atoms with van der Waals surface area (Å²) in [4.78, 5) is 46.0. The fraction of sp³-hybridized carbons (Fsp3) is 0.320. The molecule has 4 amide bonds. The average molecular weight is 464 g/mol. The number of hydrogen-bond donors (Lipinski definition) is 1. The second kappa shape index (κ2) is 8.48. The van der Waals surface area contributed by atoms with Crippen LogP contribution in [0, 0.1) is 12.7 Å². The highest BCUT2D eigenvalue weighted by molar-refractivity contribution is 6.19. The molecule has 0 radical (unpaired) electrons. The van der Waals surface area contributed by atoms with E-state index in [9.17, 15) is 18.8 Å². The Hall–Kier alpha value is -3.88. The number of amides is 4. The number of piperazine rings is 1. The van der Waals surface area contributed by atoms with Gasteiger partial charge in [0.15, 0.2) is 0 Å². The summed E-state index contributed by atoms with van der Waals surface area (Å²) >= 11 is 0. The van der Waals surface area contributed by atoms with E-state index in [1.54, 1.807) is 53.4 Å². The van der Waals surface area contributed by atoms with E-state index >= 15 is 0 Å². The lowest BCUT2D eigenvalue weighted by Crippen LogP contribution is -2.65. The van der Waals surface area contributed by atoms with Crippen LogP contribution in [0.25, 0.3) is 0 Å². The van der Waals surface area contributed by atoms with Crippen molar-refractivity contribution in [3.8, 4) is 0 Å². The normalized spacial score (nSPS) is 22.5. The standard InChI is InChI=1S/C25H26FN5O3/c1-16-7-9-17(10-8-16)31-24(33)22-21(27-25(31)34)18(15-28(22)2)23(32)30-13-11-29(12-14-30)20-6-4-3-5-19(20)26/h3-10,15,21-22H,11-14H2,1-2H3,(H,27,34). The van der Waals surface area contributed by atoms with Gasteiger partial charge in [-0.05, 0) is 31.2 Å². The summed E-state index contributed by atoms with van der Waals surface area (Å²) in [6.45, 7) is 3.76. The summed E-state index contributed by atoms with van der Waals surface area (Å²) in [5, 5.41) is 2.86. The molecule has 1 N–H and O–H groups in total. The van der Waals surface area contributed by atoms with E-state index < -0.39 is 18.1 Å². The molecular weight excluding hydrogens is 437 g/mol. The third-order valence-corrected chi connectivity index (χ3v) is 6.69. The van der Waals surface area contributed by atoms with Crippen LogP contribution < -0.4 is 15.1 Å². The molecule has 0 saturated carbocycles. The molecule has 8 nitrogen and oxygen atoms in total. The number of anilines is 2. The van der Waals surface area contributed by atoms with Crippen LogP contribution in [0.1, 0.15) is 5.56 Å². The Morgan fingerprint density at radius 2 is 1.68 bits per heavy atom. The smallest absolute Gasteiger partial charge is 0.329 e. The summed E-state index contributed by atoms with van der Waals surface area (Å²) in [5.41, 5.74) is 2.42. The minimum atomic E-state index is -0.719. The molecule has 0 aromatic heterocycles. The SMILES string of the molecule is Cc1ccc(N2C(=O)NC3C(C(=O)N4CCN(c5ccccc5F)CC4)=CN(C)C3C2=O)cc1. The maximum atomic E-state index is 14.1. The number of hydrogen-bond acceptors (Lipinski definition) is 5. The number of carbonyl (C=O) groups is 3. The molecule has 3 heterocycles. The molecular formula is C25H26FN5O3. The fourth-order valence-electron chi connectivity index (χ4n) is 4.86. The van der Waals surface area contributed by atoms with Crippen molar-refractivity contribution < 1.29 is 18.8 Å². The number of rotatable bonds is 3. The van der Waals surface area contributed by atoms with E-state index in [4.69, 9.17) is 0 Å². The monoisotopic (exact) mass is 463 g/mol. The minimum Gasteiger partial charge on any atom is -0.366 e. The Kier molecular flexibility index (Phi) is 5.47. The van der Waals surface area contributed by atoms with Crippen LogP contribution in [0.4, 0.5) is 20.6 Å². The van der Waals surface area contributed by atoms with Crippen LogP contribution in [-0.2, 0) is 9.59 Å². The van der Waals surface area contributed by atoms with Crippen molar-refractivity contribution in [3.63, 3.8) is 0 Å². The Morgan fingerprint density at radius 3 is 2.35 bits per heavy atom. The Bertz CT molecular complexity index is 1170. The van der Waals surface area contributed by atoms with Crippen LogP contribution in [-0.4, -0.2) is 73.0 Å². The van der Waals surface area contributed by atoms with Crippen LogP contribution in [0.5, 0.6) is 0 Å². The number of halogens is 1. The second-order valence-electron chi connectivity index (χ2n) is 8.86. The maximum Gasteiger partial charge on any atom is 0.329 e. The molecule has 2 unspecified atom stereocenters. The van der Waals surface area contributed by atoms with Gasteiger partial charge >= 0.3 is 6.03 Å². The van der Waals surface area contributed by atoms with Gasteiger partial charge < -0.3 is 20.0 Å². The van der Waals surface area contributed by atoms with Crippen molar-refractivity contribution in [2.75, 3.05) is 43.0 Å². The zero-order chi connectivity index (χ0) is 24.0. The Morgan fingerprint density at radius 1 is 1.00 bits per heavy atom. The number of imide groups is 1. The molecule has 176 valence electrons. The van der Waals surface area contributed by atoms with Crippen molar-refractivity contribution >= 4 is 29.2 Å². The summed E-state index contributed by atoms with van der Waals surface area (Å²) in [6.07, 6.45) is 1.65. The number of urea groups is 1. The topological polar surface area (TPSA) is 76.2 Å². The van der Waals surface area contributed by atoms with Crippen molar-refractivity contribution in [3.05, 3.63) is 71.7 Å². The van der Waals surface area contributed by atoms with E-state index in [0.717, 1.165) is 10.5 Å². The predicted molar refractivity (Wildman–Crippen MR) is 126 cm³/mol. The molecule has 5 rings (SSSR count). The van der Waals surface area contributed by atoms with E-state index in [2.05, 4.69) is 5.32 Å². The highest BCUT2D eigenvalue weighted by Gasteiger charge is 2.50. The predicted octanol–water partition coefficient (Wildman–Crippen LogP) is 2.11. The number of benzene rings is 2. The molecule has 2 fully saturated rings. The van der Waals surface area contributed by atoms with Gasteiger partial charge in [0, 0.05) is 39.4 Å². The molecule has 2 saturated heterocycles. The van der Waals surface area contributed by atoms with Crippen molar-refractivity contribution in [2.24, 2.45) is 0 Å². The zero-order valence-electron chi connectivity index (χ0n) is 19.1. The molecule has 2 aromatic rings. The first-order valence-electron chi connectivity index (χ1n) is 11.3. The summed E-state index contributed by atoms with van der Waals surface area (Å²) in [6, 6.07) is 11.8. The average Bonchev–Trinajstić information content (AvgIpc) is 3.16. The largest absolute Gasteiger partial charge is 0.366 e.